The number of hydrogen-bond donors (Lipinski definition) is 0. The number of nitriles is 2. The SMILES string of the molecule is N#Cc1cc(-c2cccc3c2sc2ccccc23)ccc1-c1ccc(-c2cccc(-c3cccc4c3sc3ccccc34)c2C#N)cc1. The van der Waals surface area contributed by atoms with Crippen LogP contribution in [0, 0.1) is 22.7 Å². The van der Waals surface area contributed by atoms with Gasteiger partial charge >= 0.3 is 0 Å². The third-order valence-electron chi connectivity index (χ3n) is 9.23. The Morgan fingerprint density at radius 2 is 0.875 bits per heavy atom. The lowest BCUT2D eigenvalue weighted by Crippen LogP contribution is -1.91. The summed E-state index contributed by atoms with van der Waals surface area (Å²) in [6, 6.07) is 55.3. The molecule has 2 aromatic heterocycles. The molecule has 0 aliphatic carbocycles. The van der Waals surface area contributed by atoms with E-state index < -0.39 is 0 Å². The van der Waals surface area contributed by atoms with Gasteiger partial charge in [-0.2, -0.15) is 10.5 Å². The first kappa shape index (κ1) is 28.2. The van der Waals surface area contributed by atoms with Crippen LogP contribution in [0.25, 0.3) is 84.9 Å². The van der Waals surface area contributed by atoms with Crippen molar-refractivity contribution >= 4 is 63.0 Å². The van der Waals surface area contributed by atoms with Gasteiger partial charge in [0.05, 0.1) is 17.2 Å². The summed E-state index contributed by atoms with van der Waals surface area (Å²) in [5.74, 6) is 0. The molecule has 0 atom stereocenters. The first-order chi connectivity index (χ1) is 23.7. The zero-order chi connectivity index (χ0) is 32.2. The Labute approximate surface area is 285 Å². The third kappa shape index (κ3) is 4.43. The fourth-order valence-corrected chi connectivity index (χ4v) is 9.43. The van der Waals surface area contributed by atoms with Crippen LogP contribution in [0.5, 0.6) is 0 Å². The summed E-state index contributed by atoms with van der Waals surface area (Å²) in [5, 5.41) is 25.7. The summed E-state index contributed by atoms with van der Waals surface area (Å²) in [6.07, 6.45) is 0. The van der Waals surface area contributed by atoms with E-state index in [9.17, 15) is 10.5 Å². The number of fused-ring (bicyclic) bond motifs is 6. The van der Waals surface area contributed by atoms with Crippen LogP contribution in [0.15, 0.2) is 146 Å². The third-order valence-corrected chi connectivity index (χ3v) is 11.7. The molecule has 0 amide bonds. The lowest BCUT2D eigenvalue weighted by molar-refractivity contribution is 1.47. The van der Waals surface area contributed by atoms with Crippen LogP contribution in [0.1, 0.15) is 11.1 Å². The van der Waals surface area contributed by atoms with Crippen LogP contribution in [0.3, 0.4) is 0 Å². The lowest BCUT2D eigenvalue weighted by Gasteiger charge is -2.12. The number of hydrogen-bond acceptors (Lipinski definition) is 4. The molecule has 0 fully saturated rings. The van der Waals surface area contributed by atoms with Crippen LogP contribution >= 0.6 is 22.7 Å². The first-order valence-electron chi connectivity index (χ1n) is 15.7. The molecule has 0 unspecified atom stereocenters. The highest BCUT2D eigenvalue weighted by atomic mass is 32.1. The van der Waals surface area contributed by atoms with Gasteiger partial charge in [0.1, 0.15) is 6.07 Å². The maximum absolute atomic E-state index is 10.5. The summed E-state index contributed by atoms with van der Waals surface area (Å²) in [6.45, 7) is 0. The van der Waals surface area contributed by atoms with Crippen LogP contribution < -0.4 is 0 Å². The zero-order valence-corrected chi connectivity index (χ0v) is 27.2. The normalized spacial score (nSPS) is 11.3. The predicted molar refractivity (Wildman–Crippen MR) is 203 cm³/mol. The van der Waals surface area contributed by atoms with Crippen molar-refractivity contribution in [2.45, 2.75) is 0 Å². The average molecular weight is 645 g/mol. The minimum absolute atomic E-state index is 0.634. The molecule has 0 radical (unpaired) electrons. The van der Waals surface area contributed by atoms with Crippen molar-refractivity contribution in [2.75, 3.05) is 0 Å². The van der Waals surface area contributed by atoms with E-state index in [4.69, 9.17) is 0 Å². The maximum atomic E-state index is 10.5. The summed E-state index contributed by atoms with van der Waals surface area (Å²) in [4.78, 5) is 0. The number of benzene rings is 7. The van der Waals surface area contributed by atoms with Gasteiger partial charge in [0.15, 0.2) is 0 Å². The highest BCUT2D eigenvalue weighted by molar-refractivity contribution is 7.26. The topological polar surface area (TPSA) is 47.6 Å². The molecule has 0 aliphatic rings. The molecular formula is C44H24N2S2. The van der Waals surface area contributed by atoms with Gasteiger partial charge in [0, 0.05) is 57.0 Å². The van der Waals surface area contributed by atoms with Crippen molar-refractivity contribution in [3.8, 4) is 56.6 Å². The largest absolute Gasteiger partial charge is 0.192 e. The Bertz CT molecular complexity index is 2800. The van der Waals surface area contributed by atoms with Crippen molar-refractivity contribution < 1.29 is 0 Å². The number of rotatable bonds is 4. The molecule has 4 heteroatoms. The number of nitrogens with zero attached hydrogens (tertiary/aromatic N) is 2. The van der Waals surface area contributed by atoms with Crippen molar-refractivity contribution in [1.29, 1.82) is 10.5 Å². The Morgan fingerprint density at radius 3 is 1.52 bits per heavy atom. The van der Waals surface area contributed by atoms with Crippen LogP contribution in [0.4, 0.5) is 0 Å². The molecule has 9 aromatic rings. The van der Waals surface area contributed by atoms with Gasteiger partial charge in [-0.15, -0.1) is 22.7 Å². The molecule has 0 spiro atoms. The van der Waals surface area contributed by atoms with Gasteiger partial charge in [-0.05, 0) is 46.0 Å². The van der Waals surface area contributed by atoms with E-state index in [1.54, 1.807) is 22.7 Å². The molecule has 2 nitrogen and oxygen atoms in total. The van der Waals surface area contributed by atoms with Crippen molar-refractivity contribution in [2.24, 2.45) is 0 Å². The smallest absolute Gasteiger partial charge is 0.100 e. The molecule has 0 saturated heterocycles. The first-order valence-corrected chi connectivity index (χ1v) is 17.3. The second kappa shape index (κ2) is 11.3. The van der Waals surface area contributed by atoms with E-state index in [1.807, 2.05) is 18.2 Å². The van der Waals surface area contributed by atoms with Gasteiger partial charge in [0.25, 0.3) is 0 Å². The lowest BCUT2D eigenvalue weighted by atomic mass is 9.90. The van der Waals surface area contributed by atoms with Gasteiger partial charge in [-0.3, -0.25) is 0 Å². The van der Waals surface area contributed by atoms with Crippen LogP contribution in [-0.4, -0.2) is 0 Å². The highest BCUT2D eigenvalue weighted by Crippen LogP contribution is 2.43. The van der Waals surface area contributed by atoms with Gasteiger partial charge in [0.2, 0.25) is 0 Å². The molecule has 9 rings (SSSR count). The predicted octanol–water partition coefficient (Wildman–Crippen LogP) is 12.8. The van der Waals surface area contributed by atoms with E-state index in [1.165, 1.54) is 40.3 Å². The van der Waals surface area contributed by atoms with Crippen molar-refractivity contribution in [3.63, 3.8) is 0 Å². The van der Waals surface area contributed by atoms with Gasteiger partial charge < -0.3 is 0 Å². The summed E-state index contributed by atoms with van der Waals surface area (Å²) < 4.78 is 4.93. The fraction of sp³-hybridized carbons (Fsp3) is 0. The second-order valence-corrected chi connectivity index (χ2v) is 14.0. The number of thiophene rings is 2. The zero-order valence-electron chi connectivity index (χ0n) is 25.6. The molecule has 2 heterocycles. The molecule has 0 N–H and O–H groups in total. The second-order valence-electron chi connectivity index (χ2n) is 11.9. The van der Waals surface area contributed by atoms with E-state index in [0.29, 0.717) is 11.1 Å². The molecule has 0 bridgehead atoms. The molecule has 222 valence electrons. The Morgan fingerprint density at radius 1 is 0.375 bits per heavy atom. The monoisotopic (exact) mass is 644 g/mol. The summed E-state index contributed by atoms with van der Waals surface area (Å²) >= 11 is 3.57. The van der Waals surface area contributed by atoms with E-state index in [2.05, 4.69) is 140 Å². The van der Waals surface area contributed by atoms with Gasteiger partial charge in [-0.1, -0.05) is 127 Å². The molecular weight excluding hydrogens is 621 g/mol. The molecule has 0 saturated carbocycles. The van der Waals surface area contributed by atoms with Crippen LogP contribution in [-0.2, 0) is 0 Å². The van der Waals surface area contributed by atoms with Gasteiger partial charge in [-0.25, -0.2) is 0 Å². The van der Waals surface area contributed by atoms with E-state index in [0.717, 1.165) is 44.5 Å². The Hall–Kier alpha value is -6.04. The quantitative estimate of drug-likeness (QED) is 0.191. The standard InChI is InChI=1S/C44H24N2S2/c45-25-30-24-29(33-11-6-14-38-35-8-1-3-16-41(35)47-43(33)38)22-23-31(30)27-18-20-28(21-19-27)32-10-5-12-34(40(32)26-46)37-13-7-15-39-36-9-2-4-17-42(36)48-44(37)39/h1-24H. The average Bonchev–Trinajstić information content (AvgIpc) is 3.73. The highest BCUT2D eigenvalue weighted by Gasteiger charge is 2.17. The summed E-state index contributed by atoms with van der Waals surface area (Å²) in [5.41, 5.74) is 9.20. The fourth-order valence-electron chi connectivity index (χ4n) is 6.96. The minimum atomic E-state index is 0.634. The maximum Gasteiger partial charge on any atom is 0.100 e. The molecule has 7 aromatic carbocycles. The molecule has 0 aliphatic heterocycles. The van der Waals surface area contributed by atoms with E-state index >= 15 is 0 Å². The van der Waals surface area contributed by atoms with Crippen LogP contribution in [0.2, 0.25) is 0 Å². The summed E-state index contributed by atoms with van der Waals surface area (Å²) in [7, 11) is 0. The van der Waals surface area contributed by atoms with Crippen molar-refractivity contribution in [1.82, 2.24) is 0 Å². The Kier molecular flexibility index (Phi) is 6.66. The molecule has 48 heavy (non-hydrogen) atoms. The Balaban J connectivity index is 1.09. The van der Waals surface area contributed by atoms with E-state index in [-0.39, 0.29) is 0 Å². The van der Waals surface area contributed by atoms with Crippen molar-refractivity contribution in [3.05, 3.63) is 157 Å². The minimum Gasteiger partial charge on any atom is -0.192 e.